The van der Waals surface area contributed by atoms with Crippen molar-refractivity contribution < 1.29 is 43.0 Å². The molecule has 3 atom stereocenters. The summed E-state index contributed by atoms with van der Waals surface area (Å²) < 4.78 is 15.3. The van der Waals surface area contributed by atoms with Gasteiger partial charge in [0.15, 0.2) is 0 Å². The van der Waals surface area contributed by atoms with Crippen molar-refractivity contribution in [1.82, 2.24) is 16.0 Å². The maximum atomic E-state index is 13.1. The minimum absolute atomic E-state index is 0.0794. The van der Waals surface area contributed by atoms with E-state index in [0.29, 0.717) is 0 Å². The van der Waals surface area contributed by atoms with Crippen LogP contribution in [0.5, 0.6) is 0 Å². The van der Waals surface area contributed by atoms with E-state index in [1.807, 2.05) is 0 Å². The summed E-state index contributed by atoms with van der Waals surface area (Å²) >= 11 is 0. The van der Waals surface area contributed by atoms with Crippen LogP contribution in [0, 0.1) is 17.8 Å². The molecule has 1 rings (SSSR count). The number of unbranched alkanes of at least 4 members (excludes halogenated alkanes) is 10. The molecule has 1 saturated carbocycles. The van der Waals surface area contributed by atoms with Crippen molar-refractivity contribution in [2.24, 2.45) is 17.8 Å². The molecular formula is C39H55N3O9. The van der Waals surface area contributed by atoms with Crippen LogP contribution in [0.15, 0.2) is 47.2 Å². The fourth-order valence-corrected chi connectivity index (χ4v) is 5.42. The first kappa shape index (κ1) is 44.3. The van der Waals surface area contributed by atoms with E-state index in [1.165, 1.54) is 12.8 Å². The first-order valence-corrected chi connectivity index (χ1v) is 18.1. The zero-order valence-electron chi connectivity index (χ0n) is 30.3. The van der Waals surface area contributed by atoms with Crippen molar-refractivity contribution in [3.8, 4) is 0 Å². The van der Waals surface area contributed by atoms with Crippen LogP contribution in [0.2, 0.25) is 0 Å². The number of carbonyl (C=O) groups excluding carboxylic acids is 6. The quantitative estimate of drug-likeness (QED) is 0.0420. The van der Waals surface area contributed by atoms with Crippen molar-refractivity contribution in [2.75, 3.05) is 32.8 Å². The van der Waals surface area contributed by atoms with Gasteiger partial charge in [0.1, 0.15) is 25.9 Å². The van der Waals surface area contributed by atoms with Gasteiger partial charge in [-0.25, -0.2) is 4.79 Å². The lowest BCUT2D eigenvalue weighted by molar-refractivity contribution is -0.146. The number of ether oxygens (including phenoxy) is 3. The average molecular weight is 710 g/mol. The van der Waals surface area contributed by atoms with Crippen LogP contribution < -0.4 is 16.0 Å². The van der Waals surface area contributed by atoms with Crippen LogP contribution in [0.4, 0.5) is 0 Å². The van der Waals surface area contributed by atoms with Crippen molar-refractivity contribution >= 4 is 35.6 Å². The monoisotopic (exact) mass is 709 g/mol. The summed E-state index contributed by atoms with van der Waals surface area (Å²) in [6, 6.07) is 0. The molecule has 1 aliphatic rings. The van der Waals surface area contributed by atoms with Gasteiger partial charge in [-0.05, 0) is 67.3 Å². The van der Waals surface area contributed by atoms with E-state index >= 15 is 0 Å². The maximum absolute atomic E-state index is 13.1. The van der Waals surface area contributed by atoms with Gasteiger partial charge in [-0.1, -0.05) is 83.8 Å². The van der Waals surface area contributed by atoms with E-state index in [4.69, 9.17) is 14.2 Å². The highest BCUT2D eigenvalue weighted by atomic mass is 16.5. The molecule has 0 heterocycles. The van der Waals surface area contributed by atoms with Gasteiger partial charge in [-0.3, -0.25) is 24.0 Å². The zero-order chi connectivity index (χ0) is 37.5. The predicted octanol–water partition coefficient (Wildman–Crippen LogP) is 4.79. The number of amides is 3. The fourth-order valence-electron chi connectivity index (χ4n) is 5.42. The van der Waals surface area contributed by atoms with Crippen molar-refractivity contribution in [3.63, 3.8) is 0 Å². The first-order valence-electron chi connectivity index (χ1n) is 18.1. The Bertz CT molecular complexity index is 1320. The van der Waals surface area contributed by atoms with Gasteiger partial charge in [0.2, 0.25) is 17.7 Å². The highest BCUT2D eigenvalue weighted by molar-refractivity contribution is 5.89. The number of hydrogen-bond donors (Lipinski definition) is 3. The molecule has 1 aliphatic carbocycles. The van der Waals surface area contributed by atoms with E-state index in [-0.39, 0.29) is 45.6 Å². The Morgan fingerprint density at radius 3 is 1.39 bits per heavy atom. The number of hydrogen-bond acceptors (Lipinski definition) is 9. The van der Waals surface area contributed by atoms with E-state index in [2.05, 4.69) is 70.8 Å². The Morgan fingerprint density at radius 2 is 0.961 bits per heavy atom. The van der Waals surface area contributed by atoms with Crippen molar-refractivity contribution in [3.05, 3.63) is 47.2 Å². The summed E-state index contributed by atoms with van der Waals surface area (Å²) in [5, 5.41) is 7.62. The minimum atomic E-state index is -0.814. The van der Waals surface area contributed by atoms with Gasteiger partial charge in [0.05, 0.1) is 13.2 Å². The molecular weight excluding hydrogens is 654 g/mol. The molecule has 0 radical (unpaired) electrons. The Hall–Kier alpha value is -4.76. The largest absolute Gasteiger partial charge is 0.464 e. The number of carbonyl (C=O) groups is 6. The van der Waals surface area contributed by atoms with E-state index < -0.39 is 59.9 Å². The van der Waals surface area contributed by atoms with Gasteiger partial charge in [0.25, 0.3) is 0 Å². The molecule has 0 saturated heterocycles. The molecule has 0 aromatic carbocycles. The molecule has 0 spiro atoms. The Morgan fingerprint density at radius 1 is 0.569 bits per heavy atom. The van der Waals surface area contributed by atoms with Crippen LogP contribution in [-0.2, 0) is 43.0 Å². The third-order valence-corrected chi connectivity index (χ3v) is 8.16. The predicted molar refractivity (Wildman–Crippen MR) is 189 cm³/mol. The Kier molecular flexibility index (Phi) is 25.2. The van der Waals surface area contributed by atoms with E-state index in [0.717, 1.165) is 70.5 Å². The average Bonchev–Trinajstić information content (AvgIpc) is 3.13. The van der Waals surface area contributed by atoms with Gasteiger partial charge in [0, 0.05) is 17.8 Å². The lowest BCUT2D eigenvalue weighted by atomic mass is 9.74. The molecule has 12 heteroatoms. The second kappa shape index (κ2) is 29.0. The third-order valence-electron chi connectivity index (χ3n) is 8.16. The molecule has 280 valence electrons. The highest BCUT2D eigenvalue weighted by Gasteiger charge is 2.39. The standard InChI is InChI=1S/C39H55N3O9/c1-4-7-10-13-16-19-22-49-34(43)28-40-37(46)31-25-32(38(47)41-29-35(44)50-23-20-17-14-11-8-5-2)27-33(26-31)39(48)42-30-36(45)51-24-21-18-15-12-9-6-3/h22,31-33H,1,5-6,8-9,11-12,14-15,17-18,20-21,23-30H2,2-3H3,(H,40,46)(H,41,47)(H,42,48)/t31-,32+,33-. The lowest BCUT2D eigenvalue weighted by Crippen LogP contribution is -2.46. The van der Waals surface area contributed by atoms with Gasteiger partial charge >= 0.3 is 17.9 Å². The molecule has 12 nitrogen and oxygen atoms in total. The second-order valence-electron chi connectivity index (χ2n) is 12.4. The molecule has 0 aliphatic heterocycles. The molecule has 3 amide bonds. The molecule has 0 unspecified atom stereocenters. The van der Waals surface area contributed by atoms with Crippen LogP contribution in [-0.4, -0.2) is 68.5 Å². The SMILES string of the molecule is C=C=C=C=C=C=C=COC(=O)CNC(=O)[C@H]1C[C@@H](C(=O)NCC(=O)OCCCCCCCC)C[C@@H](C(=O)NCC(=O)OCCCCCCCC)C1. The Balaban J connectivity index is 2.76. The summed E-state index contributed by atoms with van der Waals surface area (Å²) in [7, 11) is 0. The summed E-state index contributed by atoms with van der Waals surface area (Å²) in [5.74, 6) is -5.89. The molecule has 0 aromatic heterocycles. The van der Waals surface area contributed by atoms with Crippen molar-refractivity contribution in [2.45, 2.75) is 110 Å². The third kappa shape index (κ3) is 22.6. The second-order valence-corrected chi connectivity index (χ2v) is 12.4. The zero-order valence-corrected chi connectivity index (χ0v) is 30.3. The summed E-state index contributed by atoms with van der Waals surface area (Å²) in [4.78, 5) is 76.0. The minimum Gasteiger partial charge on any atom is -0.464 e. The molecule has 0 bridgehead atoms. The van der Waals surface area contributed by atoms with Crippen molar-refractivity contribution in [1.29, 1.82) is 0 Å². The number of rotatable bonds is 24. The highest BCUT2D eigenvalue weighted by Crippen LogP contribution is 2.34. The number of esters is 3. The van der Waals surface area contributed by atoms with E-state index in [1.54, 1.807) is 0 Å². The molecule has 0 aromatic rings. The number of nitrogens with one attached hydrogen (secondary N) is 3. The molecule has 51 heavy (non-hydrogen) atoms. The van der Waals surface area contributed by atoms with E-state index in [9.17, 15) is 28.8 Å². The fraction of sp³-hybridized carbons (Fsp3) is 0.641. The van der Waals surface area contributed by atoms with Crippen LogP contribution in [0.1, 0.15) is 110 Å². The lowest BCUT2D eigenvalue weighted by Gasteiger charge is -2.32. The first-order chi connectivity index (χ1) is 24.7. The topological polar surface area (TPSA) is 166 Å². The van der Waals surface area contributed by atoms with Crippen LogP contribution in [0.3, 0.4) is 0 Å². The van der Waals surface area contributed by atoms with Gasteiger partial charge < -0.3 is 30.2 Å². The maximum Gasteiger partial charge on any atom is 0.330 e. The van der Waals surface area contributed by atoms with Crippen LogP contribution >= 0.6 is 0 Å². The normalized spacial score (nSPS) is 15.8. The van der Waals surface area contributed by atoms with Gasteiger partial charge in [-0.15, -0.1) is 0 Å². The molecule has 1 fully saturated rings. The van der Waals surface area contributed by atoms with Gasteiger partial charge in [-0.2, -0.15) is 0 Å². The summed E-state index contributed by atoms with van der Waals surface area (Å²) in [5.41, 5.74) is 14.4. The summed E-state index contributed by atoms with van der Waals surface area (Å²) in [6.45, 7) is 6.96. The van der Waals surface area contributed by atoms with Crippen LogP contribution in [0.25, 0.3) is 0 Å². The smallest absolute Gasteiger partial charge is 0.330 e. The summed E-state index contributed by atoms with van der Waals surface area (Å²) in [6.07, 6.45) is 13.7. The molecule has 3 N–H and O–H groups in total. The Labute approximate surface area is 302 Å².